The van der Waals surface area contributed by atoms with Crippen LogP contribution in [-0.2, 0) is 11.3 Å². The molecule has 0 saturated heterocycles. The van der Waals surface area contributed by atoms with Crippen LogP contribution in [0.25, 0.3) is 0 Å². The predicted octanol–water partition coefficient (Wildman–Crippen LogP) is 2.72. The van der Waals surface area contributed by atoms with E-state index in [1.165, 1.54) is 6.07 Å². The second-order valence-corrected chi connectivity index (χ2v) is 5.00. The molecule has 0 aromatic heterocycles. The summed E-state index contributed by atoms with van der Waals surface area (Å²) in [5, 5.41) is 12.0. The van der Waals surface area contributed by atoms with Crippen molar-refractivity contribution < 1.29 is 14.3 Å². The van der Waals surface area contributed by atoms with Crippen LogP contribution in [0.1, 0.15) is 31.4 Å². The summed E-state index contributed by atoms with van der Waals surface area (Å²) in [5.74, 6) is -0.917. The summed E-state index contributed by atoms with van der Waals surface area (Å²) < 4.78 is 13.5. The fourth-order valence-corrected chi connectivity index (χ4v) is 1.82. The normalized spacial score (nSPS) is 12.7. The maximum atomic E-state index is 13.5. The highest BCUT2D eigenvalue weighted by Gasteiger charge is 2.18. The Morgan fingerprint density at radius 1 is 1.44 bits per heavy atom. The highest BCUT2D eigenvalue weighted by Crippen LogP contribution is 2.11. The Bertz CT molecular complexity index is 418. The van der Waals surface area contributed by atoms with Crippen molar-refractivity contribution in [3.8, 4) is 0 Å². The van der Waals surface area contributed by atoms with Gasteiger partial charge in [0.15, 0.2) is 0 Å². The Morgan fingerprint density at radius 2 is 2.11 bits per heavy atom. The zero-order valence-electron chi connectivity index (χ0n) is 11.0. The molecule has 2 N–H and O–H groups in total. The molecule has 4 heteroatoms. The van der Waals surface area contributed by atoms with Crippen molar-refractivity contribution in [3.05, 3.63) is 35.1 Å². The third kappa shape index (κ3) is 4.45. The first-order valence-electron chi connectivity index (χ1n) is 6.11. The van der Waals surface area contributed by atoms with Crippen LogP contribution in [0.5, 0.6) is 0 Å². The molecule has 0 aliphatic carbocycles. The minimum Gasteiger partial charge on any atom is -0.480 e. The Hall–Kier alpha value is -1.42. The standard InChI is InChI=1S/C14H20FNO2/c1-9(2)6-13(14(17)18)16-8-11-7-10(3)4-5-12(11)15/h4-5,7,9,13,16H,6,8H2,1-3H3,(H,17,18). The van der Waals surface area contributed by atoms with Gasteiger partial charge in [0.25, 0.3) is 0 Å². The number of hydrogen-bond acceptors (Lipinski definition) is 2. The molecule has 100 valence electrons. The van der Waals surface area contributed by atoms with Crippen LogP contribution in [-0.4, -0.2) is 17.1 Å². The fraction of sp³-hybridized carbons (Fsp3) is 0.500. The van der Waals surface area contributed by atoms with Crippen molar-refractivity contribution in [2.24, 2.45) is 5.92 Å². The molecular formula is C14H20FNO2. The smallest absolute Gasteiger partial charge is 0.320 e. The largest absolute Gasteiger partial charge is 0.480 e. The molecular weight excluding hydrogens is 233 g/mol. The summed E-state index contributed by atoms with van der Waals surface area (Å²) in [7, 11) is 0. The van der Waals surface area contributed by atoms with Gasteiger partial charge < -0.3 is 10.4 Å². The number of rotatable bonds is 6. The lowest BCUT2D eigenvalue weighted by molar-refractivity contribution is -0.140. The third-order valence-electron chi connectivity index (χ3n) is 2.75. The van der Waals surface area contributed by atoms with E-state index >= 15 is 0 Å². The van der Waals surface area contributed by atoms with Crippen LogP contribution in [0.15, 0.2) is 18.2 Å². The Morgan fingerprint density at radius 3 is 2.67 bits per heavy atom. The van der Waals surface area contributed by atoms with Gasteiger partial charge in [0.1, 0.15) is 11.9 Å². The molecule has 0 bridgehead atoms. The van der Waals surface area contributed by atoms with Crippen molar-refractivity contribution in [3.63, 3.8) is 0 Å². The van der Waals surface area contributed by atoms with Gasteiger partial charge in [-0.1, -0.05) is 31.5 Å². The number of carbonyl (C=O) groups is 1. The summed E-state index contributed by atoms with van der Waals surface area (Å²) in [6, 6.07) is 4.20. The Balaban J connectivity index is 2.66. The average Bonchev–Trinajstić information content (AvgIpc) is 2.27. The fourth-order valence-electron chi connectivity index (χ4n) is 1.82. The molecule has 1 unspecified atom stereocenters. The van der Waals surface area contributed by atoms with Crippen molar-refractivity contribution in [2.75, 3.05) is 0 Å². The number of benzene rings is 1. The molecule has 1 rings (SSSR count). The first-order chi connectivity index (χ1) is 8.40. The van der Waals surface area contributed by atoms with Gasteiger partial charge in [0.2, 0.25) is 0 Å². The van der Waals surface area contributed by atoms with Crippen LogP contribution in [0.2, 0.25) is 0 Å². The number of halogens is 1. The molecule has 1 aromatic rings. The van der Waals surface area contributed by atoms with Crippen molar-refractivity contribution in [1.82, 2.24) is 5.32 Å². The molecule has 0 aliphatic rings. The van der Waals surface area contributed by atoms with Gasteiger partial charge in [-0.25, -0.2) is 4.39 Å². The second kappa shape index (κ2) is 6.50. The molecule has 0 spiro atoms. The van der Waals surface area contributed by atoms with Crippen LogP contribution in [0.3, 0.4) is 0 Å². The summed E-state index contributed by atoms with van der Waals surface area (Å²) in [5.41, 5.74) is 1.47. The topological polar surface area (TPSA) is 49.3 Å². The number of carboxylic acid groups (broad SMARTS) is 1. The molecule has 0 aliphatic heterocycles. The van der Waals surface area contributed by atoms with E-state index in [2.05, 4.69) is 5.32 Å². The number of carboxylic acids is 1. The zero-order valence-corrected chi connectivity index (χ0v) is 11.0. The van der Waals surface area contributed by atoms with E-state index in [-0.39, 0.29) is 18.3 Å². The second-order valence-electron chi connectivity index (χ2n) is 5.00. The number of hydrogen-bond donors (Lipinski definition) is 2. The minimum absolute atomic E-state index is 0.233. The number of aryl methyl sites for hydroxylation is 1. The van der Waals surface area contributed by atoms with Gasteiger partial charge in [-0.05, 0) is 25.3 Å². The van der Waals surface area contributed by atoms with Crippen molar-refractivity contribution in [1.29, 1.82) is 0 Å². The van der Waals surface area contributed by atoms with Crippen molar-refractivity contribution >= 4 is 5.97 Å². The first-order valence-corrected chi connectivity index (χ1v) is 6.11. The van der Waals surface area contributed by atoms with Gasteiger partial charge in [-0.3, -0.25) is 4.79 Å². The average molecular weight is 253 g/mol. The summed E-state index contributed by atoms with van der Waals surface area (Å²) in [6.45, 7) is 6.04. The molecule has 0 heterocycles. The lowest BCUT2D eigenvalue weighted by Gasteiger charge is -2.16. The molecule has 1 aromatic carbocycles. The highest BCUT2D eigenvalue weighted by molar-refractivity contribution is 5.73. The van der Waals surface area contributed by atoms with E-state index in [4.69, 9.17) is 5.11 Å². The summed E-state index contributed by atoms with van der Waals surface area (Å²) >= 11 is 0. The van der Waals surface area contributed by atoms with Crippen LogP contribution in [0, 0.1) is 18.7 Å². The SMILES string of the molecule is Cc1ccc(F)c(CNC(CC(C)C)C(=O)O)c1. The van der Waals surface area contributed by atoms with Gasteiger partial charge >= 0.3 is 5.97 Å². The van der Waals surface area contributed by atoms with Gasteiger partial charge in [-0.2, -0.15) is 0 Å². The summed E-state index contributed by atoms with van der Waals surface area (Å²) in [4.78, 5) is 11.1. The first kappa shape index (κ1) is 14.6. The van der Waals surface area contributed by atoms with Crippen LogP contribution >= 0.6 is 0 Å². The minimum atomic E-state index is -0.892. The predicted molar refractivity (Wildman–Crippen MR) is 68.9 cm³/mol. The van der Waals surface area contributed by atoms with E-state index in [0.717, 1.165) is 5.56 Å². The monoisotopic (exact) mass is 253 g/mol. The van der Waals surface area contributed by atoms with E-state index in [0.29, 0.717) is 12.0 Å². The third-order valence-corrected chi connectivity index (χ3v) is 2.75. The number of aliphatic carboxylic acids is 1. The molecule has 1 atom stereocenters. The van der Waals surface area contributed by atoms with Gasteiger partial charge in [0, 0.05) is 12.1 Å². The maximum Gasteiger partial charge on any atom is 0.320 e. The van der Waals surface area contributed by atoms with E-state index in [9.17, 15) is 9.18 Å². The number of nitrogens with one attached hydrogen (secondary N) is 1. The molecule has 0 amide bonds. The lowest BCUT2D eigenvalue weighted by Crippen LogP contribution is -2.37. The molecule has 0 saturated carbocycles. The van der Waals surface area contributed by atoms with Crippen LogP contribution < -0.4 is 5.32 Å². The molecule has 18 heavy (non-hydrogen) atoms. The van der Waals surface area contributed by atoms with E-state index in [1.807, 2.05) is 20.8 Å². The molecule has 0 radical (unpaired) electrons. The van der Waals surface area contributed by atoms with E-state index < -0.39 is 12.0 Å². The van der Waals surface area contributed by atoms with Gasteiger partial charge in [-0.15, -0.1) is 0 Å². The maximum absolute atomic E-state index is 13.5. The van der Waals surface area contributed by atoms with Gasteiger partial charge in [0.05, 0.1) is 0 Å². The molecule has 0 fully saturated rings. The lowest BCUT2D eigenvalue weighted by atomic mass is 10.0. The highest BCUT2D eigenvalue weighted by atomic mass is 19.1. The Kier molecular flexibility index (Phi) is 5.28. The van der Waals surface area contributed by atoms with Crippen molar-refractivity contribution in [2.45, 2.75) is 39.8 Å². The zero-order chi connectivity index (χ0) is 13.7. The van der Waals surface area contributed by atoms with Crippen LogP contribution in [0.4, 0.5) is 4.39 Å². The quantitative estimate of drug-likeness (QED) is 0.819. The summed E-state index contributed by atoms with van der Waals surface area (Å²) in [6.07, 6.45) is 0.531. The molecule has 3 nitrogen and oxygen atoms in total. The Labute approximate surface area is 107 Å². The van der Waals surface area contributed by atoms with E-state index in [1.54, 1.807) is 12.1 Å².